The molecule has 156 valence electrons. The zero-order valence-electron chi connectivity index (χ0n) is 17.0. The van der Waals surface area contributed by atoms with E-state index in [1.54, 1.807) is 6.08 Å². The SMILES string of the molecule is O=C1OC(c2ccc3ccccc3c2)=N/C1=C\c1cccc(OCc2ccccc2Br)c1. The molecule has 4 nitrogen and oxygen atoms in total. The first kappa shape index (κ1) is 20.2. The molecule has 0 unspecified atom stereocenters. The quantitative estimate of drug-likeness (QED) is 0.239. The molecule has 0 fully saturated rings. The van der Waals surface area contributed by atoms with Crippen molar-refractivity contribution in [1.82, 2.24) is 0 Å². The molecule has 0 aliphatic carbocycles. The van der Waals surface area contributed by atoms with Gasteiger partial charge >= 0.3 is 5.97 Å². The van der Waals surface area contributed by atoms with Crippen LogP contribution in [0.15, 0.2) is 106 Å². The molecule has 0 radical (unpaired) electrons. The third-order valence-corrected chi connectivity index (χ3v) is 5.90. The normalized spacial score (nSPS) is 14.5. The topological polar surface area (TPSA) is 47.9 Å². The Kier molecular flexibility index (Phi) is 5.57. The molecule has 0 spiro atoms. The number of fused-ring (bicyclic) bond motifs is 1. The maximum atomic E-state index is 12.4. The van der Waals surface area contributed by atoms with Gasteiger partial charge in [-0.15, -0.1) is 0 Å². The van der Waals surface area contributed by atoms with E-state index in [1.807, 2.05) is 91.0 Å². The van der Waals surface area contributed by atoms with E-state index in [0.29, 0.717) is 18.3 Å². The van der Waals surface area contributed by atoms with E-state index in [-0.39, 0.29) is 5.70 Å². The van der Waals surface area contributed by atoms with E-state index in [1.165, 1.54) is 0 Å². The number of hydrogen-bond donors (Lipinski definition) is 0. The van der Waals surface area contributed by atoms with Gasteiger partial charge in [-0.1, -0.05) is 76.6 Å². The molecule has 0 aromatic heterocycles. The molecule has 0 N–H and O–H groups in total. The monoisotopic (exact) mass is 483 g/mol. The number of aliphatic imine (C=N–C) groups is 1. The van der Waals surface area contributed by atoms with E-state index >= 15 is 0 Å². The molecule has 0 atom stereocenters. The molecule has 0 bridgehead atoms. The molecular weight excluding hydrogens is 466 g/mol. The number of esters is 1. The zero-order valence-corrected chi connectivity index (χ0v) is 18.6. The van der Waals surface area contributed by atoms with E-state index in [2.05, 4.69) is 20.9 Å². The molecule has 4 aromatic carbocycles. The van der Waals surface area contributed by atoms with Gasteiger partial charge in [0.1, 0.15) is 12.4 Å². The van der Waals surface area contributed by atoms with Crippen LogP contribution in [0.3, 0.4) is 0 Å². The standard InChI is InChI=1S/C27H18BrNO3/c28-24-11-4-3-9-22(24)17-31-23-10-5-6-18(14-23)15-25-27(30)32-26(29-25)21-13-12-19-7-1-2-8-20(19)16-21/h1-16H,17H2/b25-15-. The number of halogens is 1. The van der Waals surface area contributed by atoms with Crippen molar-refractivity contribution in [3.8, 4) is 5.75 Å². The second-order valence-corrected chi connectivity index (χ2v) is 8.20. The maximum absolute atomic E-state index is 12.4. The summed E-state index contributed by atoms with van der Waals surface area (Å²) in [5.41, 5.74) is 2.90. The Morgan fingerprint density at radius 3 is 2.56 bits per heavy atom. The summed E-state index contributed by atoms with van der Waals surface area (Å²) in [5.74, 6) is 0.557. The van der Waals surface area contributed by atoms with Crippen LogP contribution in [-0.2, 0) is 16.1 Å². The first-order valence-electron chi connectivity index (χ1n) is 10.1. The van der Waals surface area contributed by atoms with Crippen molar-refractivity contribution in [3.05, 3.63) is 118 Å². The van der Waals surface area contributed by atoms with Crippen LogP contribution in [0.25, 0.3) is 16.8 Å². The number of cyclic esters (lactones) is 1. The molecule has 0 saturated carbocycles. The third-order valence-electron chi connectivity index (χ3n) is 5.13. The fraction of sp³-hybridized carbons (Fsp3) is 0.0370. The Hall–Kier alpha value is -3.70. The van der Waals surface area contributed by atoms with E-state index in [9.17, 15) is 4.79 Å². The highest BCUT2D eigenvalue weighted by Gasteiger charge is 2.24. The van der Waals surface area contributed by atoms with Gasteiger partial charge < -0.3 is 9.47 Å². The first-order chi connectivity index (χ1) is 15.7. The first-order valence-corrected chi connectivity index (χ1v) is 10.9. The van der Waals surface area contributed by atoms with Crippen LogP contribution in [0.2, 0.25) is 0 Å². The van der Waals surface area contributed by atoms with Crippen molar-refractivity contribution in [2.45, 2.75) is 6.61 Å². The molecule has 4 aromatic rings. The maximum Gasteiger partial charge on any atom is 0.363 e. The minimum Gasteiger partial charge on any atom is -0.489 e. The van der Waals surface area contributed by atoms with Crippen LogP contribution in [0, 0.1) is 0 Å². The third kappa shape index (κ3) is 4.34. The fourth-order valence-electron chi connectivity index (χ4n) is 3.48. The lowest BCUT2D eigenvalue weighted by atomic mass is 10.1. The lowest BCUT2D eigenvalue weighted by Gasteiger charge is -2.08. The van der Waals surface area contributed by atoms with Gasteiger partial charge in [-0.3, -0.25) is 0 Å². The lowest BCUT2D eigenvalue weighted by molar-refractivity contribution is -0.129. The van der Waals surface area contributed by atoms with Gasteiger partial charge in [-0.2, -0.15) is 0 Å². The molecule has 5 heteroatoms. The number of ether oxygens (including phenoxy) is 2. The van der Waals surface area contributed by atoms with Gasteiger partial charge in [-0.05, 0) is 52.7 Å². The highest BCUT2D eigenvalue weighted by molar-refractivity contribution is 9.10. The number of benzene rings is 4. The summed E-state index contributed by atoms with van der Waals surface area (Å²) in [5, 5.41) is 2.19. The highest BCUT2D eigenvalue weighted by Crippen LogP contribution is 2.24. The average Bonchev–Trinajstić information content (AvgIpc) is 3.18. The van der Waals surface area contributed by atoms with Gasteiger partial charge in [0.2, 0.25) is 5.90 Å². The number of nitrogens with zero attached hydrogens (tertiary/aromatic N) is 1. The number of carbonyl (C=O) groups is 1. The van der Waals surface area contributed by atoms with Crippen LogP contribution < -0.4 is 4.74 Å². The van der Waals surface area contributed by atoms with Crippen LogP contribution in [0.4, 0.5) is 0 Å². The molecule has 32 heavy (non-hydrogen) atoms. The van der Waals surface area contributed by atoms with Gasteiger partial charge in [0.25, 0.3) is 0 Å². The summed E-state index contributed by atoms with van der Waals surface area (Å²) >= 11 is 3.53. The number of carbonyl (C=O) groups excluding carboxylic acids is 1. The van der Waals surface area contributed by atoms with E-state index in [0.717, 1.165) is 31.9 Å². The van der Waals surface area contributed by atoms with Crippen LogP contribution in [-0.4, -0.2) is 11.9 Å². The van der Waals surface area contributed by atoms with Crippen molar-refractivity contribution in [2.75, 3.05) is 0 Å². The molecule has 1 aliphatic rings. The Labute approximate surface area is 194 Å². The minimum absolute atomic E-state index is 0.260. The van der Waals surface area contributed by atoms with E-state index in [4.69, 9.17) is 9.47 Å². The van der Waals surface area contributed by atoms with Crippen molar-refractivity contribution in [3.63, 3.8) is 0 Å². The van der Waals surface area contributed by atoms with Gasteiger partial charge in [0.15, 0.2) is 5.70 Å². The minimum atomic E-state index is -0.465. The summed E-state index contributed by atoms with van der Waals surface area (Å²) in [4.78, 5) is 16.9. The van der Waals surface area contributed by atoms with Crippen LogP contribution in [0.1, 0.15) is 16.7 Å². The number of hydrogen-bond acceptors (Lipinski definition) is 4. The molecule has 0 saturated heterocycles. The van der Waals surface area contributed by atoms with Gasteiger partial charge in [-0.25, -0.2) is 9.79 Å². The Morgan fingerprint density at radius 2 is 1.69 bits per heavy atom. The van der Waals surface area contributed by atoms with Gasteiger partial charge in [0.05, 0.1) is 0 Å². The van der Waals surface area contributed by atoms with E-state index < -0.39 is 5.97 Å². The van der Waals surface area contributed by atoms with Crippen molar-refractivity contribution < 1.29 is 14.3 Å². The Morgan fingerprint density at radius 1 is 0.875 bits per heavy atom. The van der Waals surface area contributed by atoms with Crippen molar-refractivity contribution in [1.29, 1.82) is 0 Å². The lowest BCUT2D eigenvalue weighted by Crippen LogP contribution is -2.05. The summed E-state index contributed by atoms with van der Waals surface area (Å²) in [6.45, 7) is 0.438. The van der Waals surface area contributed by atoms with Crippen molar-refractivity contribution >= 4 is 44.6 Å². The molecule has 1 aliphatic heterocycles. The predicted octanol–water partition coefficient (Wildman–Crippen LogP) is 6.53. The molecule has 5 rings (SSSR count). The summed E-state index contributed by atoms with van der Waals surface area (Å²) in [6, 6.07) is 29.4. The Balaban J connectivity index is 1.37. The summed E-state index contributed by atoms with van der Waals surface area (Å²) < 4.78 is 12.4. The average molecular weight is 484 g/mol. The highest BCUT2D eigenvalue weighted by atomic mass is 79.9. The largest absolute Gasteiger partial charge is 0.489 e. The summed E-state index contributed by atoms with van der Waals surface area (Å²) in [6.07, 6.45) is 1.71. The summed E-state index contributed by atoms with van der Waals surface area (Å²) in [7, 11) is 0. The second-order valence-electron chi connectivity index (χ2n) is 7.35. The molecule has 1 heterocycles. The predicted molar refractivity (Wildman–Crippen MR) is 129 cm³/mol. The molecule has 0 amide bonds. The zero-order chi connectivity index (χ0) is 21.9. The second kappa shape index (κ2) is 8.81. The molecular formula is C27H18BrNO3. The fourth-order valence-corrected chi connectivity index (χ4v) is 3.88. The number of rotatable bonds is 5. The Bertz CT molecular complexity index is 1390. The van der Waals surface area contributed by atoms with Crippen molar-refractivity contribution in [2.24, 2.45) is 4.99 Å². The van der Waals surface area contributed by atoms with Gasteiger partial charge in [0, 0.05) is 15.6 Å². The van der Waals surface area contributed by atoms with Crippen LogP contribution in [0.5, 0.6) is 5.75 Å². The van der Waals surface area contributed by atoms with Crippen LogP contribution >= 0.6 is 15.9 Å². The smallest absolute Gasteiger partial charge is 0.363 e.